The van der Waals surface area contributed by atoms with Crippen LogP contribution in [0.5, 0.6) is 0 Å². The van der Waals surface area contributed by atoms with E-state index in [1.54, 1.807) is 0 Å². The number of para-hydroxylation sites is 2. The smallest absolute Gasteiger partial charge is 0.145 e. The Kier molecular flexibility index (Phi) is 5.02. The van der Waals surface area contributed by atoms with E-state index >= 15 is 0 Å². The van der Waals surface area contributed by atoms with Crippen LogP contribution in [0.3, 0.4) is 0 Å². The number of hydrogen-bond acceptors (Lipinski definition) is 3. The highest BCUT2D eigenvalue weighted by molar-refractivity contribution is 8.00. The molecule has 7 aromatic rings. The van der Waals surface area contributed by atoms with Gasteiger partial charge in [-0.25, -0.2) is 0 Å². The first-order valence-corrected chi connectivity index (χ1v) is 15.1. The molecule has 0 bridgehead atoms. The predicted molar refractivity (Wildman–Crippen MR) is 172 cm³/mol. The van der Waals surface area contributed by atoms with Crippen LogP contribution in [0.2, 0.25) is 0 Å². The number of hydrogen-bond donors (Lipinski definition) is 1. The molecule has 3 heterocycles. The van der Waals surface area contributed by atoms with Gasteiger partial charge in [0.25, 0.3) is 0 Å². The summed E-state index contributed by atoms with van der Waals surface area (Å²) in [4.78, 5) is 1.26. The lowest BCUT2D eigenvalue weighted by atomic mass is 10.0. The summed E-state index contributed by atoms with van der Waals surface area (Å²) < 4.78 is 8.94. The third kappa shape index (κ3) is 3.47. The molecule has 5 aromatic carbocycles. The number of fused-ring (bicyclic) bond motifs is 8. The molecular weight excluding hydrogens is 520 g/mol. The number of allylic oxidation sites excluding steroid dienone is 1. The topological polar surface area (TPSA) is 30.1 Å². The van der Waals surface area contributed by atoms with Crippen molar-refractivity contribution in [2.24, 2.45) is 0 Å². The second-order valence-corrected chi connectivity index (χ2v) is 12.0. The molecule has 0 saturated heterocycles. The summed E-state index contributed by atoms with van der Waals surface area (Å²) in [6.45, 7) is 0. The van der Waals surface area contributed by atoms with Gasteiger partial charge in [0, 0.05) is 38.2 Å². The number of rotatable bonds is 3. The number of nitrogens with one attached hydrogen (secondary N) is 1. The van der Waals surface area contributed by atoms with Gasteiger partial charge in [-0.3, -0.25) is 0 Å². The van der Waals surface area contributed by atoms with Gasteiger partial charge in [-0.15, -0.1) is 0 Å². The van der Waals surface area contributed by atoms with Crippen molar-refractivity contribution in [3.05, 3.63) is 132 Å². The first kappa shape index (κ1) is 23.1. The van der Waals surface area contributed by atoms with E-state index in [1.807, 2.05) is 17.8 Å². The second-order valence-electron chi connectivity index (χ2n) is 10.9. The van der Waals surface area contributed by atoms with Gasteiger partial charge < -0.3 is 14.3 Å². The minimum absolute atomic E-state index is 0.125. The van der Waals surface area contributed by atoms with Crippen LogP contribution in [-0.4, -0.2) is 4.57 Å². The fourth-order valence-corrected chi connectivity index (χ4v) is 7.84. The number of thioether (sulfide) groups is 1. The van der Waals surface area contributed by atoms with E-state index in [4.69, 9.17) is 4.42 Å². The van der Waals surface area contributed by atoms with E-state index in [0.717, 1.165) is 35.0 Å². The van der Waals surface area contributed by atoms with Gasteiger partial charge in [0.15, 0.2) is 0 Å². The zero-order chi connectivity index (χ0) is 26.9. The molecule has 1 aliphatic carbocycles. The van der Waals surface area contributed by atoms with Gasteiger partial charge in [-0.1, -0.05) is 103 Å². The maximum atomic E-state index is 6.49. The monoisotopic (exact) mass is 546 g/mol. The van der Waals surface area contributed by atoms with Crippen LogP contribution >= 0.6 is 11.8 Å². The Morgan fingerprint density at radius 1 is 0.805 bits per heavy atom. The van der Waals surface area contributed by atoms with Crippen molar-refractivity contribution >= 4 is 56.4 Å². The van der Waals surface area contributed by atoms with E-state index < -0.39 is 0 Å². The highest BCUT2D eigenvalue weighted by atomic mass is 32.2. The lowest BCUT2D eigenvalue weighted by molar-refractivity contribution is 0.670. The summed E-state index contributed by atoms with van der Waals surface area (Å²) in [6.07, 6.45) is 6.75. The van der Waals surface area contributed by atoms with Crippen molar-refractivity contribution in [2.45, 2.75) is 23.1 Å². The van der Waals surface area contributed by atoms with Crippen LogP contribution in [0.4, 0.5) is 5.69 Å². The van der Waals surface area contributed by atoms with Crippen LogP contribution in [0.25, 0.3) is 55.7 Å². The molecule has 1 N–H and O–H groups in total. The summed E-state index contributed by atoms with van der Waals surface area (Å²) in [7, 11) is 0. The molecule has 2 aromatic heterocycles. The lowest BCUT2D eigenvalue weighted by Gasteiger charge is -2.15. The lowest BCUT2D eigenvalue weighted by Crippen LogP contribution is -2.04. The van der Waals surface area contributed by atoms with Gasteiger partial charge in [0.2, 0.25) is 0 Å². The summed E-state index contributed by atoms with van der Waals surface area (Å²) in [5.41, 5.74) is 11.9. The maximum absolute atomic E-state index is 6.49. The summed E-state index contributed by atoms with van der Waals surface area (Å²) in [5, 5.41) is 7.65. The van der Waals surface area contributed by atoms with Crippen LogP contribution in [0.15, 0.2) is 125 Å². The first-order chi connectivity index (χ1) is 20.3. The number of nitrogens with zero attached hydrogens (tertiary/aromatic N) is 1. The molecular formula is C37H26N2OS. The molecule has 1 aliphatic heterocycles. The van der Waals surface area contributed by atoms with Crippen LogP contribution in [0.1, 0.15) is 28.6 Å². The fraction of sp³-hybridized carbons (Fsp3) is 0.0811. The normalized spacial score (nSPS) is 15.9. The van der Waals surface area contributed by atoms with E-state index in [-0.39, 0.29) is 5.37 Å². The van der Waals surface area contributed by atoms with Crippen molar-refractivity contribution in [2.75, 3.05) is 5.32 Å². The standard InChI is InChI=1S/C37H26N2OS/c1-2-10-23(11-3-1)29-22-33-35(34-28-14-6-9-17-32(28)40-36(29)34)38-37(41-33)24-18-20-25(21-19-24)39-30-15-7-4-12-26(30)27-13-5-8-16-31(27)39/h1-7,9-15,17-22,37-38H,8,16H2. The van der Waals surface area contributed by atoms with E-state index in [2.05, 4.69) is 125 Å². The number of anilines is 1. The van der Waals surface area contributed by atoms with Gasteiger partial charge in [0.1, 0.15) is 16.5 Å². The molecule has 0 saturated carbocycles. The summed E-state index contributed by atoms with van der Waals surface area (Å²) >= 11 is 1.88. The van der Waals surface area contributed by atoms with E-state index in [9.17, 15) is 0 Å². The van der Waals surface area contributed by atoms with Crippen molar-refractivity contribution < 1.29 is 4.42 Å². The van der Waals surface area contributed by atoms with Crippen molar-refractivity contribution in [3.8, 4) is 16.8 Å². The number of aromatic nitrogens is 1. The number of furan rings is 1. The Balaban J connectivity index is 1.14. The molecule has 1 atom stereocenters. The third-order valence-electron chi connectivity index (χ3n) is 8.52. The van der Waals surface area contributed by atoms with Crippen molar-refractivity contribution in [1.29, 1.82) is 0 Å². The largest absolute Gasteiger partial charge is 0.455 e. The molecule has 2 aliphatic rings. The average molecular weight is 547 g/mol. The fourth-order valence-electron chi connectivity index (χ4n) is 6.65. The van der Waals surface area contributed by atoms with Gasteiger partial charge in [-0.2, -0.15) is 0 Å². The van der Waals surface area contributed by atoms with Crippen molar-refractivity contribution in [3.63, 3.8) is 0 Å². The van der Waals surface area contributed by atoms with Gasteiger partial charge in [0.05, 0.1) is 16.6 Å². The zero-order valence-electron chi connectivity index (χ0n) is 22.3. The Morgan fingerprint density at radius 3 is 2.46 bits per heavy atom. The Morgan fingerprint density at radius 2 is 1.59 bits per heavy atom. The average Bonchev–Trinajstić information content (AvgIpc) is 3.73. The van der Waals surface area contributed by atoms with Crippen LogP contribution < -0.4 is 5.32 Å². The second kappa shape index (κ2) is 8.92. The molecule has 0 radical (unpaired) electrons. The minimum atomic E-state index is 0.125. The minimum Gasteiger partial charge on any atom is -0.455 e. The highest BCUT2D eigenvalue weighted by Crippen LogP contribution is 2.53. The Bertz CT molecular complexity index is 2150. The maximum Gasteiger partial charge on any atom is 0.145 e. The SMILES string of the molecule is C1=Cc2c(n(-c3ccc(C4Nc5c(cc(-c6ccccc6)c6oc7ccccc7c56)S4)cc3)c3ccccc23)CC1. The Labute approximate surface area is 242 Å². The third-order valence-corrected chi connectivity index (χ3v) is 9.72. The van der Waals surface area contributed by atoms with Gasteiger partial charge >= 0.3 is 0 Å². The molecule has 0 amide bonds. The highest BCUT2D eigenvalue weighted by Gasteiger charge is 2.29. The first-order valence-electron chi connectivity index (χ1n) is 14.2. The van der Waals surface area contributed by atoms with E-state index in [0.29, 0.717) is 0 Å². The molecule has 0 spiro atoms. The zero-order valence-corrected chi connectivity index (χ0v) is 23.1. The van der Waals surface area contributed by atoms with E-state index in [1.165, 1.54) is 54.9 Å². The Hall–Kier alpha value is -4.67. The quantitative estimate of drug-likeness (QED) is 0.239. The molecule has 196 valence electrons. The number of benzene rings is 5. The van der Waals surface area contributed by atoms with Crippen LogP contribution in [0, 0.1) is 0 Å². The molecule has 41 heavy (non-hydrogen) atoms. The molecule has 1 unspecified atom stereocenters. The van der Waals surface area contributed by atoms with Crippen molar-refractivity contribution in [1.82, 2.24) is 4.57 Å². The summed E-state index contributed by atoms with van der Waals surface area (Å²) in [5.74, 6) is 0. The molecule has 3 nitrogen and oxygen atoms in total. The van der Waals surface area contributed by atoms with Gasteiger partial charge in [-0.05, 0) is 54.3 Å². The predicted octanol–water partition coefficient (Wildman–Crippen LogP) is 10.4. The summed E-state index contributed by atoms with van der Waals surface area (Å²) in [6, 6.07) is 39.1. The van der Waals surface area contributed by atoms with Crippen LogP contribution in [-0.2, 0) is 6.42 Å². The molecule has 9 rings (SSSR count). The molecule has 4 heteroatoms. The molecule has 0 fully saturated rings.